The molecule has 2 amide bonds. The molecule has 0 fully saturated rings. The van der Waals surface area contributed by atoms with Gasteiger partial charge in [0.1, 0.15) is 5.82 Å². The van der Waals surface area contributed by atoms with E-state index in [1.54, 1.807) is 0 Å². The summed E-state index contributed by atoms with van der Waals surface area (Å²) in [6, 6.07) is 2.95. The van der Waals surface area contributed by atoms with Crippen LogP contribution in [0.2, 0.25) is 0 Å². The summed E-state index contributed by atoms with van der Waals surface area (Å²) in [7, 11) is 0. The van der Waals surface area contributed by atoms with E-state index in [1.807, 2.05) is 0 Å². The number of hydrogen-bond acceptors (Lipinski definition) is 3. The van der Waals surface area contributed by atoms with E-state index in [2.05, 4.69) is 20.8 Å². The van der Waals surface area contributed by atoms with Crippen molar-refractivity contribution in [3.63, 3.8) is 0 Å². The molecule has 0 aliphatic rings. The standard InChI is InChI=1S/C12H10F2N4O2/c1-6(19)16-10-5-9(14)8(13)4-7(10)12(20)17-11-2-3-15-18-11/h2-5H,1H3,(H,16,19)(H2,15,17,18,20). The molecule has 0 saturated heterocycles. The van der Waals surface area contributed by atoms with E-state index in [9.17, 15) is 18.4 Å². The number of anilines is 2. The number of H-pyrrole nitrogens is 1. The van der Waals surface area contributed by atoms with Crippen molar-refractivity contribution in [3.8, 4) is 0 Å². The van der Waals surface area contributed by atoms with E-state index in [-0.39, 0.29) is 17.1 Å². The van der Waals surface area contributed by atoms with Gasteiger partial charge in [0.15, 0.2) is 11.6 Å². The summed E-state index contributed by atoms with van der Waals surface area (Å²) in [5.74, 6) is -3.28. The average Bonchev–Trinajstić information content (AvgIpc) is 2.85. The van der Waals surface area contributed by atoms with Crippen LogP contribution in [-0.4, -0.2) is 22.0 Å². The van der Waals surface area contributed by atoms with Crippen LogP contribution in [0.3, 0.4) is 0 Å². The summed E-state index contributed by atoms with van der Waals surface area (Å²) in [4.78, 5) is 23.0. The second kappa shape index (κ2) is 5.47. The van der Waals surface area contributed by atoms with Gasteiger partial charge in [-0.25, -0.2) is 8.78 Å². The van der Waals surface area contributed by atoms with Crippen LogP contribution in [-0.2, 0) is 4.79 Å². The molecule has 0 radical (unpaired) electrons. The lowest BCUT2D eigenvalue weighted by Crippen LogP contribution is -2.17. The lowest BCUT2D eigenvalue weighted by Gasteiger charge is -2.10. The number of carbonyl (C=O) groups is 2. The van der Waals surface area contributed by atoms with Crippen LogP contribution >= 0.6 is 0 Å². The average molecular weight is 280 g/mol. The fraction of sp³-hybridized carbons (Fsp3) is 0.0833. The van der Waals surface area contributed by atoms with Gasteiger partial charge in [-0.1, -0.05) is 0 Å². The minimum absolute atomic E-state index is 0.117. The van der Waals surface area contributed by atoms with Crippen molar-refractivity contribution in [2.45, 2.75) is 6.92 Å². The Morgan fingerprint density at radius 1 is 1.20 bits per heavy atom. The zero-order valence-corrected chi connectivity index (χ0v) is 10.3. The van der Waals surface area contributed by atoms with Gasteiger partial charge < -0.3 is 10.6 Å². The van der Waals surface area contributed by atoms with Gasteiger partial charge in [0.25, 0.3) is 5.91 Å². The molecule has 3 N–H and O–H groups in total. The Labute approximate surface area is 112 Å². The number of aromatic nitrogens is 2. The first-order chi connectivity index (χ1) is 9.47. The lowest BCUT2D eigenvalue weighted by molar-refractivity contribution is -0.114. The number of aromatic amines is 1. The van der Waals surface area contributed by atoms with Crippen LogP contribution in [0.15, 0.2) is 24.4 Å². The fourth-order valence-corrected chi connectivity index (χ4v) is 1.54. The zero-order chi connectivity index (χ0) is 14.7. The maximum Gasteiger partial charge on any atom is 0.259 e. The van der Waals surface area contributed by atoms with Gasteiger partial charge >= 0.3 is 0 Å². The third-order valence-corrected chi connectivity index (χ3v) is 2.36. The predicted molar refractivity (Wildman–Crippen MR) is 67.2 cm³/mol. The summed E-state index contributed by atoms with van der Waals surface area (Å²) < 4.78 is 26.4. The molecule has 20 heavy (non-hydrogen) atoms. The summed E-state index contributed by atoms with van der Waals surface area (Å²) in [5.41, 5.74) is -0.317. The SMILES string of the molecule is CC(=O)Nc1cc(F)c(F)cc1C(=O)Nc1ccn[nH]1. The molecule has 104 valence electrons. The van der Waals surface area contributed by atoms with Crippen molar-refractivity contribution in [1.82, 2.24) is 10.2 Å². The number of halogens is 2. The van der Waals surface area contributed by atoms with Gasteiger partial charge in [-0.2, -0.15) is 5.10 Å². The number of benzene rings is 1. The van der Waals surface area contributed by atoms with E-state index in [0.717, 1.165) is 6.07 Å². The number of hydrogen-bond donors (Lipinski definition) is 3. The van der Waals surface area contributed by atoms with Crippen molar-refractivity contribution in [3.05, 3.63) is 41.6 Å². The first-order valence-electron chi connectivity index (χ1n) is 5.54. The van der Waals surface area contributed by atoms with Crippen LogP contribution in [0, 0.1) is 11.6 Å². The Kier molecular flexibility index (Phi) is 3.74. The highest BCUT2D eigenvalue weighted by Gasteiger charge is 2.17. The normalized spacial score (nSPS) is 10.2. The summed E-state index contributed by atoms with van der Waals surface area (Å²) in [5, 5.41) is 10.8. The highest BCUT2D eigenvalue weighted by molar-refractivity contribution is 6.09. The second-order valence-corrected chi connectivity index (χ2v) is 3.92. The number of amides is 2. The summed E-state index contributed by atoms with van der Waals surface area (Å²) in [6.07, 6.45) is 1.41. The minimum atomic E-state index is -1.19. The second-order valence-electron chi connectivity index (χ2n) is 3.92. The minimum Gasteiger partial charge on any atom is -0.325 e. The largest absolute Gasteiger partial charge is 0.325 e. The molecule has 0 aliphatic heterocycles. The molecule has 8 heteroatoms. The fourth-order valence-electron chi connectivity index (χ4n) is 1.54. The first-order valence-corrected chi connectivity index (χ1v) is 5.54. The number of carbonyl (C=O) groups excluding carboxylic acids is 2. The Morgan fingerprint density at radius 3 is 2.50 bits per heavy atom. The van der Waals surface area contributed by atoms with Crippen LogP contribution in [0.4, 0.5) is 20.3 Å². The van der Waals surface area contributed by atoms with Crippen LogP contribution in [0.25, 0.3) is 0 Å². The quantitative estimate of drug-likeness (QED) is 0.802. The molecule has 0 atom stereocenters. The van der Waals surface area contributed by atoms with E-state index in [0.29, 0.717) is 6.07 Å². The highest BCUT2D eigenvalue weighted by atomic mass is 19.2. The monoisotopic (exact) mass is 280 g/mol. The Balaban J connectivity index is 2.35. The summed E-state index contributed by atoms with van der Waals surface area (Å²) >= 11 is 0. The zero-order valence-electron chi connectivity index (χ0n) is 10.3. The third-order valence-electron chi connectivity index (χ3n) is 2.36. The van der Waals surface area contributed by atoms with Crippen LogP contribution < -0.4 is 10.6 Å². The molecule has 1 aromatic carbocycles. The van der Waals surface area contributed by atoms with Crippen molar-refractivity contribution in [2.24, 2.45) is 0 Å². The van der Waals surface area contributed by atoms with Crippen molar-refractivity contribution in [1.29, 1.82) is 0 Å². The highest BCUT2D eigenvalue weighted by Crippen LogP contribution is 2.21. The van der Waals surface area contributed by atoms with Gasteiger partial charge in [-0.15, -0.1) is 0 Å². The number of nitrogens with zero attached hydrogens (tertiary/aromatic N) is 1. The van der Waals surface area contributed by atoms with E-state index in [4.69, 9.17) is 0 Å². The molecule has 2 rings (SSSR count). The molecule has 0 saturated carbocycles. The molecular formula is C12H10F2N4O2. The van der Waals surface area contributed by atoms with Crippen molar-refractivity contribution >= 4 is 23.3 Å². The van der Waals surface area contributed by atoms with Crippen LogP contribution in [0.1, 0.15) is 17.3 Å². The molecule has 6 nitrogen and oxygen atoms in total. The maximum atomic E-state index is 13.2. The molecule has 2 aromatic rings. The molecule has 0 unspecified atom stereocenters. The topological polar surface area (TPSA) is 86.9 Å². The maximum absolute atomic E-state index is 13.2. The van der Waals surface area contributed by atoms with Gasteiger partial charge in [0.05, 0.1) is 17.4 Å². The smallest absolute Gasteiger partial charge is 0.259 e. The number of nitrogens with one attached hydrogen (secondary N) is 3. The molecule has 0 spiro atoms. The van der Waals surface area contributed by atoms with Gasteiger partial charge in [0.2, 0.25) is 5.91 Å². The summed E-state index contributed by atoms with van der Waals surface area (Å²) in [6.45, 7) is 1.19. The van der Waals surface area contributed by atoms with Crippen molar-refractivity contribution in [2.75, 3.05) is 10.6 Å². The molecule has 1 heterocycles. The molecule has 1 aromatic heterocycles. The van der Waals surface area contributed by atoms with E-state index < -0.39 is 23.4 Å². The number of rotatable bonds is 3. The molecule has 0 aliphatic carbocycles. The predicted octanol–water partition coefficient (Wildman–Crippen LogP) is 1.90. The van der Waals surface area contributed by atoms with Crippen LogP contribution in [0.5, 0.6) is 0 Å². The van der Waals surface area contributed by atoms with Gasteiger partial charge in [-0.05, 0) is 6.07 Å². The molecular weight excluding hydrogens is 270 g/mol. The van der Waals surface area contributed by atoms with E-state index in [1.165, 1.54) is 19.2 Å². The third kappa shape index (κ3) is 2.97. The lowest BCUT2D eigenvalue weighted by atomic mass is 10.1. The first kappa shape index (κ1) is 13.7. The van der Waals surface area contributed by atoms with Crippen molar-refractivity contribution < 1.29 is 18.4 Å². The van der Waals surface area contributed by atoms with E-state index >= 15 is 0 Å². The van der Waals surface area contributed by atoms with Gasteiger partial charge in [0, 0.05) is 19.1 Å². The molecule has 0 bridgehead atoms. The Morgan fingerprint density at radius 2 is 1.90 bits per heavy atom. The Bertz CT molecular complexity index is 656. The van der Waals surface area contributed by atoms with Gasteiger partial charge in [-0.3, -0.25) is 14.7 Å². The Hall–Kier alpha value is -2.77.